The minimum absolute atomic E-state index is 0.00387. The van der Waals surface area contributed by atoms with E-state index in [2.05, 4.69) is 94.9 Å². The van der Waals surface area contributed by atoms with Gasteiger partial charge in [-0.05, 0) is 133 Å². The van der Waals surface area contributed by atoms with Crippen LogP contribution in [0, 0.1) is 68.0 Å². The summed E-state index contributed by atoms with van der Waals surface area (Å²) >= 11 is 0. The molecule has 1 aliphatic heterocycles. The third kappa shape index (κ3) is 6.58. The highest BCUT2D eigenvalue weighted by Gasteiger charge is 2.71. The topological polar surface area (TPSA) is 119 Å². The van der Waals surface area contributed by atoms with E-state index in [0.717, 1.165) is 83.1 Å². The number of benzene rings is 1. The van der Waals surface area contributed by atoms with Gasteiger partial charge in [0.25, 0.3) is 0 Å². The first-order valence-corrected chi connectivity index (χ1v) is 23.7. The SMILES string of the molecule is CC(C)C1=C2C3CC[C@@H]4[C@@]5(C)CC[C@H](OC(=O)[C@H]6C[C@@H](C(=O)O)C6(C)C)C(C)(C)[C@@H]5CC[C@@]4(C)[C@]3(C)CC[C@@]2([C@@H](O)CNCc2ccc(N3CCN(C)CC3)cc2)CC1=O. The van der Waals surface area contributed by atoms with E-state index in [1.807, 2.05) is 13.8 Å². The summed E-state index contributed by atoms with van der Waals surface area (Å²) in [5.41, 5.74) is 3.61. The van der Waals surface area contributed by atoms with Crippen LogP contribution < -0.4 is 10.2 Å². The Balaban J connectivity index is 0.984. The number of allylic oxidation sites excluding steroid dienone is 1. The largest absolute Gasteiger partial charge is 0.481 e. The Hall–Kier alpha value is -2.75. The molecule has 1 aromatic rings. The number of nitrogens with zero attached hydrogens (tertiary/aromatic N) is 2. The minimum Gasteiger partial charge on any atom is -0.481 e. The maximum atomic E-state index is 14.2. The Morgan fingerprint density at radius 3 is 2.15 bits per heavy atom. The molecule has 1 aromatic carbocycles. The van der Waals surface area contributed by atoms with Crippen molar-refractivity contribution in [1.82, 2.24) is 10.2 Å². The van der Waals surface area contributed by atoms with Crippen LogP contribution in [0.25, 0.3) is 0 Å². The number of likely N-dealkylation sites (N-methyl/N-ethyl adjacent to an activating group) is 1. The normalized spacial score (nSPS) is 40.2. The van der Waals surface area contributed by atoms with Crippen molar-refractivity contribution in [3.63, 3.8) is 0 Å². The number of ketones is 1. The highest BCUT2D eigenvalue weighted by molar-refractivity contribution is 6.00. The summed E-state index contributed by atoms with van der Waals surface area (Å²) in [6, 6.07) is 8.88. The molecule has 5 saturated carbocycles. The molecular formula is C51H77N3O6. The second-order valence-corrected chi connectivity index (χ2v) is 23.2. The van der Waals surface area contributed by atoms with Crippen LogP contribution in [0.15, 0.2) is 35.4 Å². The monoisotopic (exact) mass is 828 g/mol. The quantitative estimate of drug-likeness (QED) is 0.200. The summed E-state index contributed by atoms with van der Waals surface area (Å²) in [7, 11) is 2.18. The van der Waals surface area contributed by atoms with E-state index in [4.69, 9.17) is 4.74 Å². The van der Waals surface area contributed by atoms with E-state index in [1.54, 1.807) is 0 Å². The molecule has 1 saturated heterocycles. The average molecular weight is 828 g/mol. The van der Waals surface area contributed by atoms with Gasteiger partial charge >= 0.3 is 11.9 Å². The van der Waals surface area contributed by atoms with Crippen molar-refractivity contribution < 1.29 is 29.3 Å². The van der Waals surface area contributed by atoms with Gasteiger partial charge in [0.1, 0.15) is 6.10 Å². The number of esters is 1. The van der Waals surface area contributed by atoms with Gasteiger partial charge in [-0.2, -0.15) is 0 Å². The molecule has 0 aromatic heterocycles. The molecule has 9 nitrogen and oxygen atoms in total. The summed E-state index contributed by atoms with van der Waals surface area (Å²) < 4.78 is 6.44. The van der Waals surface area contributed by atoms with E-state index in [-0.39, 0.29) is 57.3 Å². The standard InChI is InChI=1S/C51H77N3O6/c1-31(2)42-37(55)28-51(40(56)30-52-29-32-11-13-33(14-12-32)54-25-23-53(10)24-26-54)22-21-49(8)34(43(42)51)15-16-39-48(7)19-18-41(47(5,6)38(48)17-20-50(39,49)9)60-45(59)36-27-35(44(57)58)46(36,3)4/h11-14,31,34-36,38-41,52,56H,15-30H2,1-10H3,(H,57,58)/t34?,35-,36+,38-,39+,40-,41-,48-,49+,50+,51-/m0/s1. The Morgan fingerprint density at radius 2 is 1.52 bits per heavy atom. The number of nitrogens with one attached hydrogen (secondary N) is 1. The molecule has 6 fully saturated rings. The highest BCUT2D eigenvalue weighted by Crippen LogP contribution is 2.77. The molecule has 1 unspecified atom stereocenters. The number of aliphatic hydroxyl groups excluding tert-OH is 1. The molecule has 332 valence electrons. The van der Waals surface area contributed by atoms with Crippen LogP contribution in [0.4, 0.5) is 5.69 Å². The predicted octanol–water partition coefficient (Wildman–Crippen LogP) is 8.53. The number of fused-ring (bicyclic) bond motifs is 7. The number of Topliss-reactive ketones (excluding diaryl/α,β-unsaturated/α-hetero) is 1. The second-order valence-electron chi connectivity index (χ2n) is 23.2. The molecule has 0 bridgehead atoms. The number of aliphatic carboxylic acids is 1. The second kappa shape index (κ2) is 15.2. The number of anilines is 1. The number of carboxylic acid groups (broad SMARTS) is 1. The van der Waals surface area contributed by atoms with E-state index in [1.165, 1.54) is 16.8 Å². The van der Waals surface area contributed by atoms with E-state index < -0.39 is 28.8 Å². The maximum Gasteiger partial charge on any atom is 0.309 e. The highest BCUT2D eigenvalue weighted by atomic mass is 16.5. The molecular weight excluding hydrogens is 751 g/mol. The summed E-state index contributed by atoms with van der Waals surface area (Å²) in [5.74, 6) is -0.390. The number of hydrogen-bond donors (Lipinski definition) is 3. The van der Waals surface area contributed by atoms with Gasteiger partial charge in [0, 0.05) is 62.2 Å². The smallest absolute Gasteiger partial charge is 0.309 e. The molecule has 11 atom stereocenters. The number of carbonyl (C=O) groups excluding carboxylic acids is 2. The average Bonchev–Trinajstić information content (AvgIpc) is 3.49. The lowest BCUT2D eigenvalue weighted by molar-refractivity contribution is -0.238. The van der Waals surface area contributed by atoms with Gasteiger partial charge in [-0.25, -0.2) is 0 Å². The van der Waals surface area contributed by atoms with Gasteiger partial charge in [0.2, 0.25) is 0 Å². The Kier molecular flexibility index (Phi) is 11.1. The number of carbonyl (C=O) groups is 3. The lowest BCUT2D eigenvalue weighted by Gasteiger charge is -2.72. The Labute approximate surface area is 360 Å². The minimum atomic E-state index is -0.825. The summed E-state index contributed by atoms with van der Waals surface area (Å²) in [6.07, 6.45) is 7.97. The zero-order valence-electron chi connectivity index (χ0n) is 38.7. The molecule has 8 rings (SSSR count). The van der Waals surface area contributed by atoms with Crippen molar-refractivity contribution in [3.8, 4) is 0 Å². The third-order valence-electron chi connectivity index (χ3n) is 19.6. The Morgan fingerprint density at radius 1 is 0.833 bits per heavy atom. The number of hydrogen-bond acceptors (Lipinski definition) is 8. The van der Waals surface area contributed by atoms with Crippen LogP contribution in [-0.2, 0) is 25.7 Å². The third-order valence-corrected chi connectivity index (χ3v) is 19.6. The number of piperazine rings is 1. The first-order chi connectivity index (χ1) is 28.1. The van der Waals surface area contributed by atoms with Crippen LogP contribution >= 0.6 is 0 Å². The summed E-state index contributed by atoms with van der Waals surface area (Å²) in [4.78, 5) is 44.5. The first kappa shape index (κ1) is 43.9. The van der Waals surface area contributed by atoms with Crippen molar-refractivity contribution in [2.45, 2.75) is 145 Å². The van der Waals surface area contributed by atoms with E-state index >= 15 is 0 Å². The van der Waals surface area contributed by atoms with Gasteiger partial charge in [0.15, 0.2) is 5.78 Å². The fourth-order valence-corrected chi connectivity index (χ4v) is 15.7. The van der Waals surface area contributed by atoms with Crippen LogP contribution in [0.3, 0.4) is 0 Å². The number of carboxylic acids is 1. The van der Waals surface area contributed by atoms with Gasteiger partial charge in [-0.1, -0.05) is 80.0 Å². The number of aliphatic hydroxyl groups is 1. The number of ether oxygens (including phenoxy) is 1. The fourth-order valence-electron chi connectivity index (χ4n) is 15.7. The van der Waals surface area contributed by atoms with E-state index in [9.17, 15) is 24.6 Å². The lowest BCUT2D eigenvalue weighted by Crippen LogP contribution is -2.66. The number of rotatable bonds is 10. The molecule has 1 heterocycles. The van der Waals surface area contributed by atoms with Crippen LogP contribution in [0.2, 0.25) is 0 Å². The molecule has 6 aliphatic carbocycles. The molecule has 60 heavy (non-hydrogen) atoms. The van der Waals surface area contributed by atoms with Crippen molar-refractivity contribution >= 4 is 23.4 Å². The van der Waals surface area contributed by atoms with Crippen molar-refractivity contribution in [3.05, 3.63) is 41.0 Å². The van der Waals surface area contributed by atoms with Gasteiger partial charge in [0.05, 0.1) is 17.9 Å². The fraction of sp³-hybridized carbons (Fsp3) is 0.784. The van der Waals surface area contributed by atoms with Gasteiger partial charge in [-0.3, -0.25) is 14.4 Å². The molecule has 7 aliphatic rings. The van der Waals surface area contributed by atoms with E-state index in [0.29, 0.717) is 37.8 Å². The zero-order chi connectivity index (χ0) is 43.4. The molecule has 0 amide bonds. The van der Waals surface area contributed by atoms with Gasteiger partial charge in [-0.15, -0.1) is 0 Å². The summed E-state index contributed by atoms with van der Waals surface area (Å²) in [6.45, 7) is 25.9. The molecule has 0 spiro atoms. The van der Waals surface area contributed by atoms with Crippen LogP contribution in [0.5, 0.6) is 0 Å². The predicted molar refractivity (Wildman–Crippen MR) is 236 cm³/mol. The van der Waals surface area contributed by atoms with Crippen molar-refractivity contribution in [1.29, 1.82) is 0 Å². The first-order valence-electron chi connectivity index (χ1n) is 23.7. The van der Waals surface area contributed by atoms with Gasteiger partial charge < -0.3 is 30.1 Å². The van der Waals surface area contributed by atoms with Crippen LogP contribution in [0.1, 0.15) is 132 Å². The van der Waals surface area contributed by atoms with Crippen molar-refractivity contribution in [2.75, 3.05) is 44.7 Å². The van der Waals surface area contributed by atoms with Crippen molar-refractivity contribution in [2.24, 2.45) is 68.0 Å². The molecule has 0 radical (unpaired) electrons. The maximum absolute atomic E-state index is 14.2. The molecule has 9 heteroatoms. The van der Waals surface area contributed by atoms with Crippen LogP contribution in [-0.4, -0.2) is 84.8 Å². The lowest BCUT2D eigenvalue weighted by atomic mass is 9.33. The summed E-state index contributed by atoms with van der Waals surface area (Å²) in [5, 5.41) is 25.7. The Bertz CT molecular complexity index is 1880. The zero-order valence-corrected chi connectivity index (χ0v) is 38.7. The molecule has 3 N–H and O–H groups in total.